The molecule has 0 aliphatic carbocycles. The Morgan fingerprint density at radius 2 is 2.17 bits per heavy atom. The Morgan fingerprint density at radius 1 is 1.56 bits per heavy atom. The van der Waals surface area contributed by atoms with E-state index in [9.17, 15) is 13.2 Å². The van der Waals surface area contributed by atoms with Crippen LogP contribution in [-0.4, -0.2) is 37.5 Å². The van der Waals surface area contributed by atoms with E-state index in [1.54, 1.807) is 19.9 Å². The number of sulfone groups is 1. The Labute approximate surface area is 106 Å². The molecule has 18 heavy (non-hydrogen) atoms. The van der Waals surface area contributed by atoms with Crippen LogP contribution in [0.3, 0.4) is 0 Å². The molecule has 102 valence electrons. The summed E-state index contributed by atoms with van der Waals surface area (Å²) in [5.41, 5.74) is 0.551. The molecule has 6 nitrogen and oxygen atoms in total. The maximum Gasteiger partial charge on any atom is 0.372 e. The molecule has 0 radical (unpaired) electrons. The second kappa shape index (κ2) is 5.53. The Kier molecular flexibility index (Phi) is 4.53. The van der Waals surface area contributed by atoms with Gasteiger partial charge in [0, 0.05) is 17.9 Å². The molecule has 7 heteroatoms. The van der Waals surface area contributed by atoms with Gasteiger partial charge in [-0.3, -0.25) is 0 Å². The standard InChI is InChI=1S/C11H17NO5S/c1-7-4-9(17-10(7)11(13)14)5-12-8(2)6-18(3,15)16/h4,8,12H,5-6H2,1-3H3,(H,13,14). The largest absolute Gasteiger partial charge is 0.475 e. The predicted octanol–water partition coefficient (Wildman–Crippen LogP) is 0.809. The second-order valence-electron chi connectivity index (χ2n) is 4.40. The van der Waals surface area contributed by atoms with Gasteiger partial charge in [-0.2, -0.15) is 0 Å². The van der Waals surface area contributed by atoms with Crippen LogP contribution in [0.2, 0.25) is 0 Å². The van der Waals surface area contributed by atoms with E-state index >= 15 is 0 Å². The van der Waals surface area contributed by atoms with E-state index < -0.39 is 15.8 Å². The monoisotopic (exact) mass is 275 g/mol. The summed E-state index contributed by atoms with van der Waals surface area (Å²) in [5, 5.41) is 11.8. The van der Waals surface area contributed by atoms with Crippen molar-refractivity contribution in [1.29, 1.82) is 0 Å². The third-order valence-electron chi connectivity index (χ3n) is 2.34. The molecule has 0 saturated carbocycles. The molecule has 1 aromatic rings. The zero-order chi connectivity index (χ0) is 13.9. The molecule has 2 N–H and O–H groups in total. The highest BCUT2D eigenvalue weighted by Gasteiger charge is 2.15. The number of furan rings is 1. The van der Waals surface area contributed by atoms with Crippen molar-refractivity contribution >= 4 is 15.8 Å². The fourth-order valence-corrected chi connectivity index (χ4v) is 2.66. The van der Waals surface area contributed by atoms with Crippen molar-refractivity contribution < 1.29 is 22.7 Å². The maximum atomic E-state index is 11.1. The van der Waals surface area contributed by atoms with Crippen molar-refractivity contribution in [2.75, 3.05) is 12.0 Å². The summed E-state index contributed by atoms with van der Waals surface area (Å²) in [6, 6.07) is 1.41. The summed E-state index contributed by atoms with van der Waals surface area (Å²) in [6.07, 6.45) is 1.17. The SMILES string of the molecule is Cc1cc(CNC(C)CS(C)(=O)=O)oc1C(=O)O. The highest BCUT2D eigenvalue weighted by atomic mass is 32.2. The van der Waals surface area contributed by atoms with Crippen LogP contribution >= 0.6 is 0 Å². The average Bonchev–Trinajstić information content (AvgIpc) is 2.54. The van der Waals surface area contributed by atoms with Gasteiger partial charge in [0.15, 0.2) is 0 Å². The van der Waals surface area contributed by atoms with E-state index in [0.717, 1.165) is 0 Å². The van der Waals surface area contributed by atoms with Gasteiger partial charge >= 0.3 is 5.97 Å². The number of aromatic carboxylic acids is 1. The predicted molar refractivity (Wildman–Crippen MR) is 66.4 cm³/mol. The number of carboxylic acids is 1. The van der Waals surface area contributed by atoms with Gasteiger partial charge < -0.3 is 14.8 Å². The number of hydrogen-bond acceptors (Lipinski definition) is 5. The van der Waals surface area contributed by atoms with Gasteiger partial charge in [-0.25, -0.2) is 13.2 Å². The van der Waals surface area contributed by atoms with Crippen LogP contribution in [0.1, 0.15) is 28.8 Å². The quantitative estimate of drug-likeness (QED) is 0.797. The summed E-state index contributed by atoms with van der Waals surface area (Å²) in [4.78, 5) is 10.8. The van der Waals surface area contributed by atoms with Crippen molar-refractivity contribution in [3.63, 3.8) is 0 Å². The first kappa shape index (κ1) is 14.7. The topological polar surface area (TPSA) is 96.6 Å². The van der Waals surface area contributed by atoms with E-state index in [2.05, 4.69) is 5.32 Å². The number of carboxylic acid groups (broad SMARTS) is 1. The lowest BCUT2D eigenvalue weighted by Crippen LogP contribution is -2.32. The molecule has 0 spiro atoms. The number of carbonyl (C=O) groups is 1. The van der Waals surface area contributed by atoms with Gasteiger partial charge in [0.1, 0.15) is 15.6 Å². The van der Waals surface area contributed by atoms with Gasteiger partial charge in [0.25, 0.3) is 0 Å². The first-order chi connectivity index (χ1) is 8.19. The third-order valence-corrected chi connectivity index (χ3v) is 3.45. The van der Waals surface area contributed by atoms with Crippen molar-refractivity contribution in [2.45, 2.75) is 26.4 Å². The molecule has 1 atom stereocenters. The number of nitrogens with one attached hydrogen (secondary N) is 1. The van der Waals surface area contributed by atoms with Gasteiger partial charge in [-0.05, 0) is 19.9 Å². The Morgan fingerprint density at radius 3 is 2.61 bits per heavy atom. The zero-order valence-corrected chi connectivity index (χ0v) is 11.4. The van der Waals surface area contributed by atoms with Crippen molar-refractivity contribution in [2.24, 2.45) is 0 Å². The van der Waals surface area contributed by atoms with E-state index in [4.69, 9.17) is 9.52 Å². The molecule has 0 saturated heterocycles. The minimum Gasteiger partial charge on any atom is -0.475 e. The zero-order valence-electron chi connectivity index (χ0n) is 10.6. The van der Waals surface area contributed by atoms with Crippen LogP contribution in [-0.2, 0) is 16.4 Å². The number of aryl methyl sites for hydroxylation is 1. The maximum absolute atomic E-state index is 11.1. The lowest BCUT2D eigenvalue weighted by atomic mass is 10.2. The van der Waals surface area contributed by atoms with Gasteiger partial charge in [-0.15, -0.1) is 0 Å². The van der Waals surface area contributed by atoms with Crippen LogP contribution in [0, 0.1) is 6.92 Å². The van der Waals surface area contributed by atoms with E-state index in [1.165, 1.54) is 6.26 Å². The Balaban J connectivity index is 2.59. The molecule has 1 heterocycles. The molecule has 0 fully saturated rings. The lowest BCUT2D eigenvalue weighted by Gasteiger charge is -2.10. The van der Waals surface area contributed by atoms with Gasteiger partial charge in [0.05, 0.1) is 12.3 Å². The first-order valence-electron chi connectivity index (χ1n) is 5.42. The molecule has 0 aliphatic heterocycles. The summed E-state index contributed by atoms with van der Waals surface area (Å²) in [7, 11) is -3.03. The molecular formula is C11H17NO5S. The van der Waals surface area contributed by atoms with Crippen LogP contribution in [0.4, 0.5) is 0 Å². The molecular weight excluding hydrogens is 258 g/mol. The normalized spacial score (nSPS) is 13.5. The van der Waals surface area contributed by atoms with Gasteiger partial charge in [0.2, 0.25) is 5.76 Å². The third kappa shape index (κ3) is 4.50. The van der Waals surface area contributed by atoms with E-state index in [1.807, 2.05) is 0 Å². The molecule has 0 aromatic carbocycles. The van der Waals surface area contributed by atoms with Crippen molar-refractivity contribution in [3.05, 3.63) is 23.2 Å². The lowest BCUT2D eigenvalue weighted by molar-refractivity contribution is 0.0659. The molecule has 1 rings (SSSR count). The molecule has 0 bridgehead atoms. The summed E-state index contributed by atoms with van der Waals surface area (Å²) >= 11 is 0. The molecule has 0 amide bonds. The Bertz CT molecular complexity index is 532. The highest BCUT2D eigenvalue weighted by molar-refractivity contribution is 7.90. The van der Waals surface area contributed by atoms with E-state index in [-0.39, 0.29) is 17.6 Å². The van der Waals surface area contributed by atoms with Crippen molar-refractivity contribution in [1.82, 2.24) is 5.32 Å². The Hall–Kier alpha value is -1.34. The second-order valence-corrected chi connectivity index (χ2v) is 6.59. The van der Waals surface area contributed by atoms with Crippen LogP contribution < -0.4 is 5.32 Å². The van der Waals surface area contributed by atoms with E-state index in [0.29, 0.717) is 17.9 Å². The minimum atomic E-state index is -3.03. The number of hydrogen-bond donors (Lipinski definition) is 2. The van der Waals surface area contributed by atoms with Crippen LogP contribution in [0.25, 0.3) is 0 Å². The van der Waals surface area contributed by atoms with Gasteiger partial charge in [-0.1, -0.05) is 0 Å². The first-order valence-corrected chi connectivity index (χ1v) is 7.49. The molecule has 1 aromatic heterocycles. The minimum absolute atomic E-state index is 0.0263. The summed E-state index contributed by atoms with van der Waals surface area (Å²) in [6.45, 7) is 3.69. The fourth-order valence-electron chi connectivity index (χ4n) is 1.64. The van der Waals surface area contributed by atoms with Crippen LogP contribution in [0.5, 0.6) is 0 Å². The van der Waals surface area contributed by atoms with Crippen LogP contribution in [0.15, 0.2) is 10.5 Å². The fraction of sp³-hybridized carbons (Fsp3) is 0.545. The summed E-state index contributed by atoms with van der Waals surface area (Å²) in [5.74, 6) is -0.686. The average molecular weight is 275 g/mol. The smallest absolute Gasteiger partial charge is 0.372 e. The number of rotatable bonds is 6. The molecule has 1 unspecified atom stereocenters. The highest BCUT2D eigenvalue weighted by Crippen LogP contribution is 2.14. The van der Waals surface area contributed by atoms with Crippen molar-refractivity contribution in [3.8, 4) is 0 Å². The molecule has 0 aliphatic rings. The summed E-state index contributed by atoms with van der Waals surface area (Å²) < 4.78 is 27.3.